The average molecular weight is 262 g/mol. The maximum Gasteiger partial charge on any atom is 0.251 e. The van der Waals surface area contributed by atoms with Gasteiger partial charge in [-0.2, -0.15) is 0 Å². The molecule has 1 fully saturated rings. The fourth-order valence-corrected chi connectivity index (χ4v) is 2.32. The minimum absolute atomic E-state index is 0.00899. The monoisotopic (exact) mass is 262 g/mol. The number of rotatable bonds is 5. The molecular weight excluding hydrogens is 240 g/mol. The SMILES string of the molecule is CNc1ccc(C(=O)NCCC2CCOCC2)cc1. The Morgan fingerprint density at radius 3 is 2.58 bits per heavy atom. The van der Waals surface area contributed by atoms with Gasteiger partial charge in [0.25, 0.3) is 5.91 Å². The van der Waals surface area contributed by atoms with Gasteiger partial charge in [0.05, 0.1) is 0 Å². The molecule has 4 nitrogen and oxygen atoms in total. The third-order valence-corrected chi connectivity index (χ3v) is 3.61. The number of carbonyl (C=O) groups is 1. The number of benzene rings is 1. The molecule has 1 aliphatic heterocycles. The van der Waals surface area contributed by atoms with E-state index in [0.29, 0.717) is 11.5 Å². The topological polar surface area (TPSA) is 50.4 Å². The molecule has 1 aromatic rings. The van der Waals surface area contributed by atoms with Crippen LogP contribution < -0.4 is 10.6 Å². The van der Waals surface area contributed by atoms with Gasteiger partial charge in [-0.1, -0.05) is 0 Å². The summed E-state index contributed by atoms with van der Waals surface area (Å²) in [6.07, 6.45) is 3.28. The lowest BCUT2D eigenvalue weighted by Gasteiger charge is -2.21. The Bertz CT molecular complexity index is 397. The smallest absolute Gasteiger partial charge is 0.251 e. The van der Waals surface area contributed by atoms with Crippen LogP contribution in [0.2, 0.25) is 0 Å². The van der Waals surface area contributed by atoms with E-state index >= 15 is 0 Å². The van der Waals surface area contributed by atoms with Crippen LogP contribution in [0.15, 0.2) is 24.3 Å². The van der Waals surface area contributed by atoms with Crippen LogP contribution in [0.25, 0.3) is 0 Å². The molecule has 0 aromatic heterocycles. The first-order valence-corrected chi connectivity index (χ1v) is 6.93. The Morgan fingerprint density at radius 2 is 1.95 bits per heavy atom. The first kappa shape index (κ1) is 13.9. The maximum atomic E-state index is 11.9. The van der Waals surface area contributed by atoms with E-state index < -0.39 is 0 Å². The molecule has 19 heavy (non-hydrogen) atoms. The van der Waals surface area contributed by atoms with Crippen LogP contribution in [-0.2, 0) is 4.74 Å². The van der Waals surface area contributed by atoms with E-state index in [9.17, 15) is 4.79 Å². The van der Waals surface area contributed by atoms with E-state index in [1.54, 1.807) is 0 Å². The number of carbonyl (C=O) groups excluding carboxylic acids is 1. The number of nitrogens with one attached hydrogen (secondary N) is 2. The van der Waals surface area contributed by atoms with Gasteiger partial charge in [0.15, 0.2) is 0 Å². The molecule has 0 bridgehead atoms. The van der Waals surface area contributed by atoms with Crippen molar-refractivity contribution in [3.63, 3.8) is 0 Å². The average Bonchev–Trinajstić information content (AvgIpc) is 2.48. The van der Waals surface area contributed by atoms with Crippen molar-refractivity contribution < 1.29 is 9.53 Å². The summed E-state index contributed by atoms with van der Waals surface area (Å²) >= 11 is 0. The standard InChI is InChI=1S/C15H22N2O2/c1-16-14-4-2-13(3-5-14)15(18)17-9-6-12-7-10-19-11-8-12/h2-5,12,16H,6-11H2,1H3,(H,17,18). The van der Waals surface area contributed by atoms with E-state index in [2.05, 4.69) is 10.6 Å². The van der Waals surface area contributed by atoms with Crippen molar-refractivity contribution in [2.45, 2.75) is 19.3 Å². The number of hydrogen-bond donors (Lipinski definition) is 2. The molecule has 1 heterocycles. The van der Waals surface area contributed by atoms with Crippen molar-refractivity contribution in [2.75, 3.05) is 32.1 Å². The molecule has 1 amide bonds. The van der Waals surface area contributed by atoms with E-state index in [1.807, 2.05) is 31.3 Å². The third-order valence-electron chi connectivity index (χ3n) is 3.61. The molecule has 2 N–H and O–H groups in total. The predicted octanol–water partition coefficient (Wildman–Crippen LogP) is 2.27. The lowest BCUT2D eigenvalue weighted by molar-refractivity contribution is 0.0636. The number of amides is 1. The van der Waals surface area contributed by atoms with Crippen LogP contribution in [0.1, 0.15) is 29.6 Å². The summed E-state index contributed by atoms with van der Waals surface area (Å²) in [6, 6.07) is 7.51. The highest BCUT2D eigenvalue weighted by Gasteiger charge is 2.13. The fraction of sp³-hybridized carbons (Fsp3) is 0.533. The van der Waals surface area contributed by atoms with Gasteiger partial charge < -0.3 is 15.4 Å². The first-order valence-electron chi connectivity index (χ1n) is 6.93. The summed E-state index contributed by atoms with van der Waals surface area (Å²) in [5, 5.41) is 6.02. The van der Waals surface area contributed by atoms with Gasteiger partial charge in [-0.05, 0) is 49.4 Å². The largest absolute Gasteiger partial charge is 0.388 e. The second-order valence-corrected chi connectivity index (χ2v) is 4.93. The Kier molecular flexibility index (Phi) is 5.21. The highest BCUT2D eigenvalue weighted by Crippen LogP contribution is 2.17. The summed E-state index contributed by atoms with van der Waals surface area (Å²) in [7, 11) is 1.86. The minimum atomic E-state index is 0.00899. The number of hydrogen-bond acceptors (Lipinski definition) is 3. The summed E-state index contributed by atoms with van der Waals surface area (Å²) < 4.78 is 5.32. The molecule has 104 valence electrons. The van der Waals surface area contributed by atoms with E-state index in [4.69, 9.17) is 4.74 Å². The van der Waals surface area contributed by atoms with Crippen molar-refractivity contribution in [3.05, 3.63) is 29.8 Å². The van der Waals surface area contributed by atoms with Crippen molar-refractivity contribution in [2.24, 2.45) is 5.92 Å². The fourth-order valence-electron chi connectivity index (χ4n) is 2.32. The Labute approximate surface area is 114 Å². The van der Waals surface area contributed by atoms with E-state index in [-0.39, 0.29) is 5.91 Å². The van der Waals surface area contributed by atoms with E-state index in [0.717, 1.165) is 44.7 Å². The second-order valence-electron chi connectivity index (χ2n) is 4.93. The van der Waals surface area contributed by atoms with E-state index in [1.165, 1.54) is 0 Å². The summed E-state index contributed by atoms with van der Waals surface area (Å²) in [6.45, 7) is 2.48. The molecule has 0 spiro atoms. The summed E-state index contributed by atoms with van der Waals surface area (Å²) in [5.74, 6) is 0.704. The minimum Gasteiger partial charge on any atom is -0.388 e. The molecular formula is C15H22N2O2. The highest BCUT2D eigenvalue weighted by molar-refractivity contribution is 5.94. The molecule has 0 radical (unpaired) electrons. The summed E-state index contributed by atoms with van der Waals surface area (Å²) in [4.78, 5) is 11.9. The van der Waals surface area contributed by atoms with Gasteiger partial charge in [-0.3, -0.25) is 4.79 Å². The Hall–Kier alpha value is -1.55. The van der Waals surface area contributed by atoms with Crippen LogP contribution in [0.5, 0.6) is 0 Å². The number of ether oxygens (including phenoxy) is 1. The second kappa shape index (κ2) is 7.14. The zero-order valence-electron chi connectivity index (χ0n) is 11.4. The van der Waals surface area contributed by atoms with Crippen LogP contribution in [0.3, 0.4) is 0 Å². The molecule has 0 atom stereocenters. The van der Waals surface area contributed by atoms with Crippen LogP contribution >= 0.6 is 0 Å². The molecule has 1 aromatic carbocycles. The quantitative estimate of drug-likeness (QED) is 0.856. The van der Waals surface area contributed by atoms with Gasteiger partial charge >= 0.3 is 0 Å². The Morgan fingerprint density at radius 1 is 1.26 bits per heavy atom. The van der Waals surface area contributed by atoms with Gasteiger partial charge in [0.2, 0.25) is 0 Å². The normalized spacial score (nSPS) is 16.1. The van der Waals surface area contributed by atoms with Crippen LogP contribution in [0.4, 0.5) is 5.69 Å². The number of anilines is 1. The highest BCUT2D eigenvalue weighted by atomic mass is 16.5. The van der Waals surface area contributed by atoms with Crippen molar-refractivity contribution in [1.82, 2.24) is 5.32 Å². The zero-order valence-corrected chi connectivity index (χ0v) is 11.4. The van der Waals surface area contributed by atoms with Gasteiger partial charge in [-0.25, -0.2) is 0 Å². The first-order chi connectivity index (χ1) is 9.29. The van der Waals surface area contributed by atoms with Crippen LogP contribution in [-0.4, -0.2) is 32.7 Å². The molecule has 0 saturated carbocycles. The third kappa shape index (κ3) is 4.24. The molecule has 0 unspecified atom stereocenters. The van der Waals surface area contributed by atoms with Gasteiger partial charge in [0.1, 0.15) is 0 Å². The predicted molar refractivity (Wildman–Crippen MR) is 76.5 cm³/mol. The Balaban J connectivity index is 1.73. The molecule has 0 aliphatic carbocycles. The molecule has 4 heteroatoms. The summed E-state index contributed by atoms with van der Waals surface area (Å²) in [5.41, 5.74) is 1.73. The van der Waals surface area contributed by atoms with Crippen molar-refractivity contribution in [1.29, 1.82) is 0 Å². The van der Waals surface area contributed by atoms with Gasteiger partial charge in [-0.15, -0.1) is 0 Å². The molecule has 1 saturated heterocycles. The van der Waals surface area contributed by atoms with Crippen molar-refractivity contribution >= 4 is 11.6 Å². The molecule has 1 aliphatic rings. The lowest BCUT2D eigenvalue weighted by Crippen LogP contribution is -2.27. The van der Waals surface area contributed by atoms with Gasteiger partial charge in [0, 0.05) is 38.1 Å². The van der Waals surface area contributed by atoms with Crippen LogP contribution in [0, 0.1) is 5.92 Å². The zero-order chi connectivity index (χ0) is 13.5. The maximum absolute atomic E-state index is 11.9. The van der Waals surface area contributed by atoms with Crippen molar-refractivity contribution in [3.8, 4) is 0 Å². The molecule has 2 rings (SSSR count). The lowest BCUT2D eigenvalue weighted by atomic mass is 9.97.